The molecular formula is C22H23FN4O4S. The Bertz CT molecular complexity index is 1320. The number of fused-ring (bicyclic) bond motifs is 1. The summed E-state index contributed by atoms with van der Waals surface area (Å²) in [5.41, 5.74) is 0.265. The molecule has 4 rings (SSSR count). The van der Waals surface area contributed by atoms with Gasteiger partial charge in [0, 0.05) is 37.4 Å². The summed E-state index contributed by atoms with van der Waals surface area (Å²) in [6.07, 6.45) is 3.99. The van der Waals surface area contributed by atoms with Gasteiger partial charge in [-0.3, -0.25) is 9.36 Å². The van der Waals surface area contributed by atoms with Crippen molar-refractivity contribution in [2.75, 3.05) is 25.0 Å². The number of carbonyl (C=O) groups excluding carboxylic acids is 1. The Labute approximate surface area is 185 Å². The van der Waals surface area contributed by atoms with Crippen molar-refractivity contribution >= 4 is 32.5 Å². The Morgan fingerprint density at radius 1 is 1.09 bits per heavy atom. The van der Waals surface area contributed by atoms with Crippen molar-refractivity contribution in [3.05, 3.63) is 65.0 Å². The number of sulfonamides is 1. The molecule has 1 aliphatic rings. The topological polar surface area (TPSA) is 92.6 Å². The Morgan fingerprint density at radius 2 is 1.78 bits per heavy atom. The average molecular weight is 459 g/mol. The van der Waals surface area contributed by atoms with E-state index >= 15 is 0 Å². The third kappa shape index (κ3) is 4.28. The Hall–Kier alpha value is -3.11. The van der Waals surface area contributed by atoms with Gasteiger partial charge in [0.25, 0.3) is 0 Å². The number of hydrogen-bond donors (Lipinski definition) is 0. The fraction of sp³-hybridized carbons (Fsp3) is 0.318. The first kappa shape index (κ1) is 22.1. The van der Waals surface area contributed by atoms with Gasteiger partial charge in [-0.05, 0) is 55.3 Å². The zero-order valence-corrected chi connectivity index (χ0v) is 18.4. The van der Waals surface area contributed by atoms with Crippen LogP contribution in [0, 0.1) is 5.82 Å². The molecule has 32 heavy (non-hydrogen) atoms. The van der Waals surface area contributed by atoms with E-state index in [0.29, 0.717) is 29.7 Å². The summed E-state index contributed by atoms with van der Waals surface area (Å²) >= 11 is 0. The maximum Gasteiger partial charge on any atom is 0.348 e. The van der Waals surface area contributed by atoms with Crippen molar-refractivity contribution in [2.24, 2.45) is 0 Å². The number of carbonyl (C=O) groups is 1. The second kappa shape index (κ2) is 8.79. The lowest BCUT2D eigenvalue weighted by Gasteiger charge is -2.26. The molecule has 1 fully saturated rings. The molecule has 10 heteroatoms. The van der Waals surface area contributed by atoms with Crippen LogP contribution >= 0.6 is 0 Å². The zero-order chi connectivity index (χ0) is 22.9. The highest BCUT2D eigenvalue weighted by Crippen LogP contribution is 2.24. The van der Waals surface area contributed by atoms with E-state index in [0.717, 1.165) is 19.3 Å². The number of hydrogen-bond acceptors (Lipinski definition) is 5. The maximum absolute atomic E-state index is 13.2. The van der Waals surface area contributed by atoms with Gasteiger partial charge in [-0.15, -0.1) is 0 Å². The largest absolute Gasteiger partial charge is 0.348 e. The lowest BCUT2D eigenvalue weighted by molar-refractivity contribution is -0.118. The number of likely N-dealkylation sites (N-methyl/N-ethyl adjacent to an activating group) is 1. The number of halogens is 1. The first-order valence-electron chi connectivity index (χ1n) is 10.3. The average Bonchev–Trinajstić information content (AvgIpc) is 2.81. The summed E-state index contributed by atoms with van der Waals surface area (Å²) in [7, 11) is -2.11. The molecule has 0 bridgehead atoms. The number of piperidine rings is 1. The summed E-state index contributed by atoms with van der Waals surface area (Å²) in [4.78, 5) is 30.4. The molecule has 1 aliphatic heterocycles. The van der Waals surface area contributed by atoms with Gasteiger partial charge in [-0.1, -0.05) is 6.42 Å². The standard InChI is InChI=1S/C22H23FN4O4S/c1-25(18-7-5-17(23)6-8-18)21(28)15-27-20-10-9-19(13-16(20)14-24-22(27)29)32(30,31)26-11-3-2-4-12-26/h5-10,13-14H,2-4,11-12,15H2,1H3. The van der Waals surface area contributed by atoms with Crippen LogP contribution < -0.4 is 10.6 Å². The fourth-order valence-electron chi connectivity index (χ4n) is 3.80. The second-order valence-corrected chi connectivity index (χ2v) is 9.68. The van der Waals surface area contributed by atoms with E-state index in [-0.39, 0.29) is 11.4 Å². The van der Waals surface area contributed by atoms with Crippen LogP contribution in [0.5, 0.6) is 0 Å². The van der Waals surface area contributed by atoms with Crippen LogP contribution in [0.1, 0.15) is 19.3 Å². The highest BCUT2D eigenvalue weighted by Gasteiger charge is 2.26. The molecule has 0 aliphatic carbocycles. The van der Waals surface area contributed by atoms with Gasteiger partial charge in [0.05, 0.1) is 10.4 Å². The van der Waals surface area contributed by atoms with Crippen LogP contribution in [-0.4, -0.2) is 48.3 Å². The van der Waals surface area contributed by atoms with Crippen LogP contribution in [-0.2, 0) is 21.4 Å². The van der Waals surface area contributed by atoms with Crippen molar-refractivity contribution in [3.8, 4) is 0 Å². The van der Waals surface area contributed by atoms with Crippen molar-refractivity contribution < 1.29 is 17.6 Å². The minimum atomic E-state index is -3.64. The van der Waals surface area contributed by atoms with Gasteiger partial charge < -0.3 is 4.90 Å². The minimum absolute atomic E-state index is 0.133. The minimum Gasteiger partial charge on any atom is -0.314 e. The molecule has 0 spiro atoms. The Balaban J connectivity index is 1.65. The van der Waals surface area contributed by atoms with Crippen molar-refractivity contribution in [1.29, 1.82) is 0 Å². The summed E-state index contributed by atoms with van der Waals surface area (Å²) in [5.74, 6) is -0.822. The van der Waals surface area contributed by atoms with E-state index < -0.39 is 27.4 Å². The molecule has 1 aromatic heterocycles. The number of anilines is 1. The molecule has 168 valence electrons. The number of rotatable bonds is 5. The lowest BCUT2D eigenvalue weighted by Crippen LogP contribution is -2.36. The van der Waals surface area contributed by atoms with Gasteiger partial charge in [-0.2, -0.15) is 4.31 Å². The van der Waals surface area contributed by atoms with E-state index in [1.54, 1.807) is 0 Å². The summed E-state index contributed by atoms with van der Waals surface area (Å²) in [5, 5.41) is 0.444. The van der Waals surface area contributed by atoms with Gasteiger partial charge >= 0.3 is 5.69 Å². The first-order chi connectivity index (χ1) is 15.3. The SMILES string of the molecule is CN(C(=O)Cn1c(=O)ncc2cc(S(=O)(=O)N3CCCCC3)ccc21)c1ccc(F)cc1. The van der Waals surface area contributed by atoms with E-state index in [2.05, 4.69) is 4.98 Å². The molecular weight excluding hydrogens is 435 g/mol. The van der Waals surface area contributed by atoms with E-state index in [1.807, 2.05) is 0 Å². The Morgan fingerprint density at radius 3 is 2.47 bits per heavy atom. The van der Waals surface area contributed by atoms with Gasteiger partial charge in [0.1, 0.15) is 12.4 Å². The fourth-order valence-corrected chi connectivity index (χ4v) is 5.35. The molecule has 8 nitrogen and oxygen atoms in total. The number of amides is 1. The van der Waals surface area contributed by atoms with Gasteiger partial charge in [0.2, 0.25) is 15.9 Å². The number of aromatic nitrogens is 2. The molecule has 2 heterocycles. The third-order valence-corrected chi connectivity index (χ3v) is 7.56. The molecule has 0 saturated carbocycles. The maximum atomic E-state index is 13.2. The molecule has 1 saturated heterocycles. The molecule has 0 radical (unpaired) electrons. The lowest BCUT2D eigenvalue weighted by atomic mass is 10.2. The van der Waals surface area contributed by atoms with E-state index in [1.165, 1.54) is 69.5 Å². The van der Waals surface area contributed by atoms with Crippen molar-refractivity contribution in [3.63, 3.8) is 0 Å². The van der Waals surface area contributed by atoms with Crippen molar-refractivity contribution in [1.82, 2.24) is 13.9 Å². The van der Waals surface area contributed by atoms with E-state index in [4.69, 9.17) is 0 Å². The summed E-state index contributed by atoms with van der Waals surface area (Å²) < 4.78 is 41.8. The predicted octanol–water partition coefficient (Wildman–Crippen LogP) is 2.37. The monoisotopic (exact) mass is 458 g/mol. The Kier molecular flexibility index (Phi) is 6.07. The number of benzene rings is 2. The van der Waals surface area contributed by atoms with Crippen molar-refractivity contribution in [2.45, 2.75) is 30.7 Å². The molecule has 0 atom stereocenters. The van der Waals surface area contributed by atoms with Crippen LogP contribution in [0.4, 0.5) is 10.1 Å². The smallest absolute Gasteiger partial charge is 0.314 e. The molecule has 3 aromatic rings. The number of nitrogens with zero attached hydrogens (tertiary/aromatic N) is 4. The summed E-state index contributed by atoms with van der Waals surface area (Å²) in [6, 6.07) is 9.89. The van der Waals surface area contributed by atoms with Crippen LogP contribution in [0.15, 0.2) is 58.4 Å². The molecule has 0 N–H and O–H groups in total. The molecule has 1 amide bonds. The van der Waals surface area contributed by atoms with Crippen LogP contribution in [0.25, 0.3) is 10.9 Å². The van der Waals surface area contributed by atoms with Crippen LogP contribution in [0.2, 0.25) is 0 Å². The molecule has 2 aromatic carbocycles. The first-order valence-corrected chi connectivity index (χ1v) is 11.7. The van der Waals surface area contributed by atoms with Gasteiger partial charge in [0.15, 0.2) is 0 Å². The summed E-state index contributed by atoms with van der Waals surface area (Å²) in [6.45, 7) is 0.681. The third-order valence-electron chi connectivity index (χ3n) is 5.67. The highest BCUT2D eigenvalue weighted by atomic mass is 32.2. The normalized spacial score (nSPS) is 15.1. The van der Waals surface area contributed by atoms with Gasteiger partial charge in [-0.25, -0.2) is 22.6 Å². The highest BCUT2D eigenvalue weighted by molar-refractivity contribution is 7.89. The van der Waals surface area contributed by atoms with Crippen LogP contribution in [0.3, 0.4) is 0 Å². The second-order valence-electron chi connectivity index (χ2n) is 7.74. The zero-order valence-electron chi connectivity index (χ0n) is 17.6. The predicted molar refractivity (Wildman–Crippen MR) is 118 cm³/mol. The molecule has 0 unspecified atom stereocenters. The van der Waals surface area contributed by atoms with E-state index in [9.17, 15) is 22.4 Å². The quantitative estimate of drug-likeness (QED) is 0.585.